The van der Waals surface area contributed by atoms with Crippen LogP contribution in [0, 0.1) is 6.92 Å². The normalized spacial score (nSPS) is 11.1. The number of Topliss-reactive ketones (excluding diaryl/α,β-unsaturated/α-hetero) is 1. The number of carbonyl (C=O) groups is 2. The number of aromatic nitrogens is 2. The van der Waals surface area contributed by atoms with Crippen LogP contribution in [-0.2, 0) is 10.0 Å². The number of ketones is 1. The van der Waals surface area contributed by atoms with Gasteiger partial charge >= 0.3 is 0 Å². The van der Waals surface area contributed by atoms with E-state index in [1.165, 1.54) is 19.1 Å². The van der Waals surface area contributed by atoms with Crippen molar-refractivity contribution in [3.63, 3.8) is 0 Å². The van der Waals surface area contributed by atoms with Crippen LogP contribution in [-0.4, -0.2) is 30.3 Å². The van der Waals surface area contributed by atoms with Gasteiger partial charge in [-0.2, -0.15) is 8.42 Å². The molecule has 3 aromatic rings. The van der Waals surface area contributed by atoms with Crippen molar-refractivity contribution in [2.75, 3.05) is 10.0 Å². The molecule has 0 aliphatic rings. The molecule has 0 unspecified atom stereocenters. The molecule has 3 rings (SSSR count). The molecule has 0 spiro atoms. The van der Waals surface area contributed by atoms with E-state index in [2.05, 4.69) is 20.2 Å². The summed E-state index contributed by atoms with van der Waals surface area (Å²) in [5.74, 6) is -0.593. The van der Waals surface area contributed by atoms with Crippen molar-refractivity contribution in [1.82, 2.24) is 10.2 Å². The summed E-state index contributed by atoms with van der Waals surface area (Å²) < 4.78 is 27.0. The minimum atomic E-state index is -4.01. The van der Waals surface area contributed by atoms with E-state index < -0.39 is 15.9 Å². The van der Waals surface area contributed by atoms with Crippen LogP contribution in [0.3, 0.4) is 0 Å². The molecule has 1 amide bonds. The highest BCUT2D eigenvalue weighted by molar-refractivity contribution is 7.94. The van der Waals surface area contributed by atoms with Crippen molar-refractivity contribution >= 4 is 43.9 Å². The Labute approximate surface area is 165 Å². The second-order valence-corrected chi connectivity index (χ2v) is 8.77. The van der Waals surface area contributed by atoms with Crippen LogP contribution in [0.4, 0.5) is 10.8 Å². The molecule has 10 heteroatoms. The van der Waals surface area contributed by atoms with E-state index in [9.17, 15) is 18.0 Å². The Morgan fingerprint density at radius 2 is 1.71 bits per heavy atom. The fraction of sp³-hybridized carbons (Fsp3) is 0.111. The summed E-state index contributed by atoms with van der Waals surface area (Å²) in [6, 6.07) is 13.1. The molecule has 144 valence electrons. The second-order valence-electron chi connectivity index (χ2n) is 5.94. The van der Waals surface area contributed by atoms with Crippen molar-refractivity contribution in [3.8, 4) is 0 Å². The molecule has 2 N–H and O–H groups in total. The zero-order chi connectivity index (χ0) is 20.3. The van der Waals surface area contributed by atoms with Gasteiger partial charge in [0.15, 0.2) is 5.78 Å². The van der Waals surface area contributed by atoms with Crippen LogP contribution in [0.2, 0.25) is 0 Å². The first-order valence-corrected chi connectivity index (χ1v) is 10.4. The van der Waals surface area contributed by atoms with Crippen molar-refractivity contribution in [1.29, 1.82) is 0 Å². The summed E-state index contributed by atoms with van der Waals surface area (Å²) >= 11 is 0.725. The Balaban J connectivity index is 1.76. The molecule has 0 aliphatic heterocycles. The molecule has 1 aromatic heterocycles. The molecule has 28 heavy (non-hydrogen) atoms. The number of hydrogen-bond acceptors (Lipinski definition) is 7. The van der Waals surface area contributed by atoms with Crippen molar-refractivity contribution in [2.45, 2.75) is 18.2 Å². The minimum absolute atomic E-state index is 0.0596. The Hall–Kier alpha value is -3.11. The number of rotatable bonds is 6. The fourth-order valence-electron chi connectivity index (χ4n) is 2.32. The topological polar surface area (TPSA) is 118 Å². The smallest absolute Gasteiger partial charge is 0.291 e. The van der Waals surface area contributed by atoms with E-state index in [0.717, 1.165) is 16.9 Å². The first-order chi connectivity index (χ1) is 13.2. The highest BCUT2D eigenvalue weighted by Gasteiger charge is 2.21. The van der Waals surface area contributed by atoms with Crippen LogP contribution in [0.15, 0.2) is 52.9 Å². The van der Waals surface area contributed by atoms with Crippen LogP contribution in [0.1, 0.15) is 33.2 Å². The average Bonchev–Trinajstić information content (AvgIpc) is 3.11. The number of benzene rings is 2. The van der Waals surface area contributed by atoms with E-state index in [0.29, 0.717) is 11.1 Å². The van der Waals surface area contributed by atoms with Gasteiger partial charge in [0.05, 0.1) is 0 Å². The molecule has 0 fully saturated rings. The monoisotopic (exact) mass is 416 g/mol. The lowest BCUT2D eigenvalue weighted by molar-refractivity contribution is 0.101. The molecular formula is C18H16N4O4S2. The first-order valence-electron chi connectivity index (χ1n) is 8.10. The highest BCUT2D eigenvalue weighted by atomic mass is 32.2. The van der Waals surface area contributed by atoms with E-state index in [1.54, 1.807) is 30.3 Å². The lowest BCUT2D eigenvalue weighted by Crippen LogP contribution is -2.13. The molecule has 1 heterocycles. The molecule has 0 atom stereocenters. The van der Waals surface area contributed by atoms with E-state index in [-0.39, 0.29) is 20.9 Å². The number of nitrogens with one attached hydrogen (secondary N) is 2. The van der Waals surface area contributed by atoms with Crippen LogP contribution in [0.5, 0.6) is 0 Å². The number of carbonyl (C=O) groups excluding carboxylic acids is 2. The third kappa shape index (κ3) is 4.59. The first kappa shape index (κ1) is 19.6. The van der Waals surface area contributed by atoms with E-state index in [1.807, 2.05) is 13.0 Å². The van der Waals surface area contributed by atoms with Gasteiger partial charge in [0, 0.05) is 16.8 Å². The number of anilines is 2. The zero-order valence-electron chi connectivity index (χ0n) is 15.0. The van der Waals surface area contributed by atoms with Gasteiger partial charge in [0.25, 0.3) is 20.3 Å². The largest absolute Gasteiger partial charge is 0.296 e. The predicted molar refractivity (Wildman–Crippen MR) is 106 cm³/mol. The Kier molecular flexibility index (Phi) is 5.52. The van der Waals surface area contributed by atoms with Crippen LogP contribution >= 0.6 is 11.3 Å². The van der Waals surface area contributed by atoms with Gasteiger partial charge in [-0.05, 0) is 38.1 Å². The zero-order valence-corrected chi connectivity index (χ0v) is 16.6. The lowest BCUT2D eigenvalue weighted by atomic mass is 10.1. The van der Waals surface area contributed by atoms with Gasteiger partial charge < -0.3 is 0 Å². The summed E-state index contributed by atoms with van der Waals surface area (Å²) in [4.78, 5) is 23.7. The molecule has 0 saturated heterocycles. The third-order valence-electron chi connectivity index (χ3n) is 3.66. The fourth-order valence-corrected chi connectivity index (χ4v) is 4.27. The van der Waals surface area contributed by atoms with E-state index >= 15 is 0 Å². The Morgan fingerprint density at radius 1 is 1.00 bits per heavy atom. The molecule has 0 saturated carbocycles. The molecule has 2 aromatic carbocycles. The average molecular weight is 416 g/mol. The van der Waals surface area contributed by atoms with Gasteiger partial charge in [-0.25, -0.2) is 0 Å². The maximum absolute atomic E-state index is 12.5. The predicted octanol–water partition coefficient (Wildman–Crippen LogP) is 3.10. The molecule has 0 aliphatic carbocycles. The number of hydrogen-bond donors (Lipinski definition) is 2. The summed E-state index contributed by atoms with van der Waals surface area (Å²) in [6.45, 7) is 3.25. The maximum atomic E-state index is 12.5. The van der Waals surface area contributed by atoms with Gasteiger partial charge in [0.2, 0.25) is 5.13 Å². The minimum Gasteiger partial charge on any atom is -0.296 e. The lowest BCUT2D eigenvalue weighted by Gasteiger charge is -2.06. The SMILES string of the molecule is CC(=O)c1cccc(NS(=O)(=O)c2nnc(NC(=O)c3cccc(C)c3)s2)c1. The summed E-state index contributed by atoms with van der Waals surface area (Å²) in [5, 5.41) is 9.96. The summed E-state index contributed by atoms with van der Waals surface area (Å²) in [6.07, 6.45) is 0. The molecule has 0 radical (unpaired) electrons. The quantitative estimate of drug-likeness (QED) is 0.471. The second kappa shape index (κ2) is 7.87. The summed E-state index contributed by atoms with van der Waals surface area (Å²) in [7, 11) is -4.01. The highest BCUT2D eigenvalue weighted by Crippen LogP contribution is 2.23. The van der Waals surface area contributed by atoms with Gasteiger partial charge in [-0.1, -0.05) is 41.2 Å². The number of sulfonamides is 1. The third-order valence-corrected chi connectivity index (χ3v) is 6.25. The van der Waals surface area contributed by atoms with Gasteiger partial charge in [-0.15, -0.1) is 10.2 Å². The number of nitrogens with zero attached hydrogens (tertiary/aromatic N) is 2. The molecular weight excluding hydrogens is 400 g/mol. The van der Waals surface area contributed by atoms with Crippen molar-refractivity contribution < 1.29 is 18.0 Å². The van der Waals surface area contributed by atoms with Crippen LogP contribution < -0.4 is 10.0 Å². The molecule has 0 bridgehead atoms. The number of aryl methyl sites for hydroxylation is 1. The Morgan fingerprint density at radius 3 is 2.43 bits per heavy atom. The summed E-state index contributed by atoms with van der Waals surface area (Å²) in [5.41, 5.74) is 1.96. The maximum Gasteiger partial charge on any atom is 0.291 e. The standard InChI is InChI=1S/C18H16N4O4S2/c1-11-5-3-7-14(9-11)16(24)19-17-20-21-18(27-17)28(25,26)22-15-8-4-6-13(10-15)12(2)23/h3-10,22H,1-2H3,(H,19,20,24). The Bertz CT molecular complexity index is 1160. The van der Waals surface area contributed by atoms with Gasteiger partial charge in [0.1, 0.15) is 0 Å². The van der Waals surface area contributed by atoms with Crippen LogP contribution in [0.25, 0.3) is 0 Å². The van der Waals surface area contributed by atoms with E-state index in [4.69, 9.17) is 0 Å². The number of amides is 1. The van der Waals surface area contributed by atoms with Crippen molar-refractivity contribution in [3.05, 3.63) is 65.2 Å². The van der Waals surface area contributed by atoms with Gasteiger partial charge in [-0.3, -0.25) is 19.6 Å². The molecule has 8 nitrogen and oxygen atoms in total. The van der Waals surface area contributed by atoms with Crippen molar-refractivity contribution in [2.24, 2.45) is 0 Å².